The summed E-state index contributed by atoms with van der Waals surface area (Å²) in [5.74, 6) is 0.988. The van der Waals surface area contributed by atoms with Crippen molar-refractivity contribution in [1.82, 2.24) is 25.5 Å². The Labute approximate surface area is 88.3 Å². The van der Waals surface area contributed by atoms with E-state index >= 15 is 0 Å². The van der Waals surface area contributed by atoms with E-state index in [4.69, 9.17) is 0 Å². The fourth-order valence-electron chi connectivity index (χ4n) is 1.61. The van der Waals surface area contributed by atoms with Crippen LogP contribution in [-0.4, -0.2) is 26.7 Å². The summed E-state index contributed by atoms with van der Waals surface area (Å²) in [5, 5.41) is 10.2. The van der Waals surface area contributed by atoms with Gasteiger partial charge in [0.2, 0.25) is 0 Å². The first-order valence-corrected chi connectivity index (χ1v) is 5.10. The molecule has 0 saturated heterocycles. The minimum atomic E-state index is 0.264. The molecule has 0 spiro atoms. The quantitative estimate of drug-likeness (QED) is 0.682. The van der Waals surface area contributed by atoms with Gasteiger partial charge < -0.3 is 10.3 Å². The minimum absolute atomic E-state index is 0.264. The average Bonchev–Trinajstić information content (AvgIpc) is 2.89. The lowest BCUT2D eigenvalue weighted by Crippen LogP contribution is -2.23. The van der Waals surface area contributed by atoms with Gasteiger partial charge in [0.25, 0.3) is 0 Å². The van der Waals surface area contributed by atoms with E-state index in [-0.39, 0.29) is 6.04 Å². The Balaban J connectivity index is 2.07. The monoisotopic (exact) mass is 205 g/mol. The molecule has 0 amide bonds. The molecule has 2 aromatic rings. The number of imidazole rings is 1. The number of likely N-dealkylation sites (N-methyl/N-ethyl adjacent to an activating group) is 1. The molecular formula is C10H15N5. The van der Waals surface area contributed by atoms with Gasteiger partial charge in [0, 0.05) is 36.6 Å². The van der Waals surface area contributed by atoms with Crippen molar-refractivity contribution in [3.05, 3.63) is 36.2 Å². The third kappa shape index (κ3) is 2.44. The topological polar surface area (TPSA) is 69.4 Å². The highest BCUT2D eigenvalue weighted by molar-refractivity contribution is 5.11. The van der Waals surface area contributed by atoms with Crippen LogP contribution in [0.25, 0.3) is 0 Å². The molecule has 0 aromatic carbocycles. The van der Waals surface area contributed by atoms with Crippen LogP contribution in [0.5, 0.6) is 0 Å². The fraction of sp³-hybridized carbons (Fsp3) is 0.400. The second-order valence-corrected chi connectivity index (χ2v) is 3.38. The SMILES string of the molecule is CCNC(Cc1ncc[nH]1)c1cn[nH]c1. The average molecular weight is 205 g/mol. The molecule has 0 aliphatic carbocycles. The van der Waals surface area contributed by atoms with E-state index in [1.54, 1.807) is 6.20 Å². The first-order valence-electron chi connectivity index (χ1n) is 5.10. The molecule has 5 nitrogen and oxygen atoms in total. The highest BCUT2D eigenvalue weighted by Crippen LogP contribution is 2.14. The predicted octanol–water partition coefficient (Wildman–Crippen LogP) is 1.03. The van der Waals surface area contributed by atoms with Crippen LogP contribution >= 0.6 is 0 Å². The van der Waals surface area contributed by atoms with Gasteiger partial charge >= 0.3 is 0 Å². The van der Waals surface area contributed by atoms with E-state index in [0.29, 0.717) is 0 Å². The van der Waals surface area contributed by atoms with Crippen LogP contribution in [0, 0.1) is 0 Å². The largest absolute Gasteiger partial charge is 0.349 e. The molecule has 2 heterocycles. The van der Waals surface area contributed by atoms with Gasteiger partial charge in [-0.3, -0.25) is 5.10 Å². The van der Waals surface area contributed by atoms with Crippen molar-refractivity contribution < 1.29 is 0 Å². The number of nitrogens with zero attached hydrogens (tertiary/aromatic N) is 2. The Hall–Kier alpha value is -1.62. The van der Waals surface area contributed by atoms with E-state index < -0.39 is 0 Å². The predicted molar refractivity (Wildman–Crippen MR) is 57.3 cm³/mol. The van der Waals surface area contributed by atoms with Gasteiger partial charge in [-0.05, 0) is 6.54 Å². The van der Waals surface area contributed by atoms with Crippen molar-refractivity contribution >= 4 is 0 Å². The summed E-state index contributed by atoms with van der Waals surface area (Å²) in [5.41, 5.74) is 1.16. The van der Waals surface area contributed by atoms with Gasteiger partial charge in [-0.25, -0.2) is 4.98 Å². The number of aromatic nitrogens is 4. The van der Waals surface area contributed by atoms with Crippen LogP contribution in [0.2, 0.25) is 0 Å². The zero-order chi connectivity index (χ0) is 10.5. The summed E-state index contributed by atoms with van der Waals surface area (Å²) in [6.45, 7) is 3.02. The summed E-state index contributed by atoms with van der Waals surface area (Å²) >= 11 is 0. The number of nitrogens with one attached hydrogen (secondary N) is 3. The number of hydrogen-bond acceptors (Lipinski definition) is 3. The van der Waals surface area contributed by atoms with Crippen molar-refractivity contribution in [2.45, 2.75) is 19.4 Å². The normalized spacial score (nSPS) is 12.9. The maximum Gasteiger partial charge on any atom is 0.107 e. The molecule has 0 radical (unpaired) electrons. The molecule has 3 N–H and O–H groups in total. The van der Waals surface area contributed by atoms with Crippen molar-refractivity contribution in [3.63, 3.8) is 0 Å². The van der Waals surface area contributed by atoms with Gasteiger partial charge in [-0.1, -0.05) is 6.92 Å². The Morgan fingerprint density at radius 3 is 3.07 bits per heavy atom. The van der Waals surface area contributed by atoms with Crippen LogP contribution in [0.15, 0.2) is 24.8 Å². The van der Waals surface area contributed by atoms with E-state index in [2.05, 4.69) is 32.4 Å². The van der Waals surface area contributed by atoms with Crippen LogP contribution in [-0.2, 0) is 6.42 Å². The summed E-state index contributed by atoms with van der Waals surface area (Å²) in [6, 6.07) is 0.264. The van der Waals surface area contributed by atoms with Gasteiger partial charge in [-0.15, -0.1) is 0 Å². The summed E-state index contributed by atoms with van der Waals surface area (Å²) in [7, 11) is 0. The number of rotatable bonds is 5. The molecule has 0 fully saturated rings. The molecule has 80 valence electrons. The van der Waals surface area contributed by atoms with E-state index in [1.807, 2.05) is 18.6 Å². The van der Waals surface area contributed by atoms with Crippen LogP contribution < -0.4 is 5.32 Å². The van der Waals surface area contributed by atoms with Crippen LogP contribution in [0.3, 0.4) is 0 Å². The Bertz CT molecular complexity index is 364. The van der Waals surface area contributed by atoms with E-state index in [9.17, 15) is 0 Å². The Morgan fingerprint density at radius 1 is 1.53 bits per heavy atom. The van der Waals surface area contributed by atoms with Gasteiger partial charge in [0.05, 0.1) is 6.20 Å². The molecule has 0 saturated carbocycles. The Kier molecular flexibility index (Phi) is 3.14. The summed E-state index contributed by atoms with van der Waals surface area (Å²) in [6.07, 6.45) is 8.22. The third-order valence-corrected chi connectivity index (χ3v) is 2.32. The highest BCUT2D eigenvalue weighted by atomic mass is 15.1. The number of aromatic amines is 2. The molecule has 1 unspecified atom stereocenters. The summed E-state index contributed by atoms with van der Waals surface area (Å²) < 4.78 is 0. The Morgan fingerprint density at radius 2 is 2.47 bits per heavy atom. The zero-order valence-electron chi connectivity index (χ0n) is 8.70. The van der Waals surface area contributed by atoms with E-state index in [1.165, 1.54) is 0 Å². The zero-order valence-corrected chi connectivity index (χ0v) is 8.70. The lowest BCUT2D eigenvalue weighted by atomic mass is 10.1. The van der Waals surface area contributed by atoms with Gasteiger partial charge in [0.15, 0.2) is 0 Å². The minimum Gasteiger partial charge on any atom is -0.349 e. The maximum absolute atomic E-state index is 4.22. The summed E-state index contributed by atoms with van der Waals surface area (Å²) in [4.78, 5) is 7.33. The molecule has 0 aliphatic heterocycles. The molecular weight excluding hydrogens is 190 g/mol. The lowest BCUT2D eigenvalue weighted by molar-refractivity contribution is 0.539. The first kappa shape index (κ1) is 9.92. The van der Waals surface area contributed by atoms with Gasteiger partial charge in [0.1, 0.15) is 5.82 Å². The highest BCUT2D eigenvalue weighted by Gasteiger charge is 2.12. The molecule has 0 aliphatic rings. The van der Waals surface area contributed by atoms with Crippen molar-refractivity contribution in [1.29, 1.82) is 0 Å². The smallest absolute Gasteiger partial charge is 0.107 e. The van der Waals surface area contributed by atoms with Crippen molar-refractivity contribution in [2.24, 2.45) is 0 Å². The van der Waals surface area contributed by atoms with Gasteiger partial charge in [-0.2, -0.15) is 5.10 Å². The third-order valence-electron chi connectivity index (χ3n) is 2.32. The van der Waals surface area contributed by atoms with Crippen molar-refractivity contribution in [2.75, 3.05) is 6.54 Å². The lowest BCUT2D eigenvalue weighted by Gasteiger charge is -2.14. The molecule has 5 heteroatoms. The number of hydrogen-bond donors (Lipinski definition) is 3. The first-order chi connectivity index (χ1) is 7.40. The second-order valence-electron chi connectivity index (χ2n) is 3.38. The standard InChI is InChI=1S/C10H15N5/c1-2-11-9(8-6-14-15-7-8)5-10-12-3-4-13-10/h3-4,6-7,9,11H,2,5H2,1H3,(H,12,13)(H,14,15). The van der Waals surface area contributed by atoms with E-state index in [0.717, 1.165) is 24.4 Å². The molecule has 0 bridgehead atoms. The van der Waals surface area contributed by atoms with Crippen LogP contribution in [0.1, 0.15) is 24.4 Å². The molecule has 2 rings (SSSR count). The number of H-pyrrole nitrogens is 2. The second kappa shape index (κ2) is 4.75. The fourth-order valence-corrected chi connectivity index (χ4v) is 1.61. The molecule has 1 atom stereocenters. The molecule has 2 aromatic heterocycles. The van der Waals surface area contributed by atoms with Crippen LogP contribution in [0.4, 0.5) is 0 Å². The molecule has 15 heavy (non-hydrogen) atoms. The van der Waals surface area contributed by atoms with Crippen molar-refractivity contribution in [3.8, 4) is 0 Å². The maximum atomic E-state index is 4.22.